The van der Waals surface area contributed by atoms with E-state index in [0.717, 1.165) is 24.3 Å². The minimum atomic E-state index is -0.321. The predicted molar refractivity (Wildman–Crippen MR) is 77.5 cm³/mol. The van der Waals surface area contributed by atoms with E-state index in [9.17, 15) is 4.79 Å². The molecule has 0 bridgehead atoms. The van der Waals surface area contributed by atoms with Crippen molar-refractivity contribution in [2.75, 3.05) is 13.2 Å². The number of aromatic nitrogens is 2. The van der Waals surface area contributed by atoms with Crippen LogP contribution < -0.4 is 4.74 Å². The summed E-state index contributed by atoms with van der Waals surface area (Å²) in [5, 5.41) is 4.08. The number of esters is 1. The zero-order chi connectivity index (χ0) is 14.7. The Kier molecular flexibility index (Phi) is 3.90. The first-order chi connectivity index (χ1) is 10.3. The summed E-state index contributed by atoms with van der Waals surface area (Å²) in [5.74, 6) is 0.766. The van der Waals surface area contributed by atoms with Crippen LogP contribution in [0.3, 0.4) is 0 Å². The molecule has 0 fully saturated rings. The Bertz CT molecular complexity index is 636. The summed E-state index contributed by atoms with van der Waals surface area (Å²) in [7, 11) is 0. The van der Waals surface area contributed by atoms with Crippen molar-refractivity contribution in [3.8, 4) is 5.75 Å². The highest BCUT2D eigenvalue weighted by molar-refractivity contribution is 5.88. The Morgan fingerprint density at radius 1 is 1.48 bits per heavy atom. The number of hydrogen-bond acceptors (Lipinski definition) is 4. The van der Waals surface area contributed by atoms with Gasteiger partial charge in [0.15, 0.2) is 0 Å². The number of aryl methyl sites for hydroxylation is 1. The Morgan fingerprint density at radius 2 is 2.33 bits per heavy atom. The molecule has 0 N–H and O–H groups in total. The van der Waals surface area contributed by atoms with Crippen LogP contribution in [-0.2, 0) is 11.3 Å². The van der Waals surface area contributed by atoms with Crippen LogP contribution in [0.15, 0.2) is 36.7 Å². The predicted octanol–water partition coefficient (Wildman–Crippen LogP) is 2.63. The molecule has 21 heavy (non-hydrogen) atoms. The molecule has 0 amide bonds. The van der Waals surface area contributed by atoms with Gasteiger partial charge in [-0.1, -0.05) is 18.2 Å². The molecule has 110 valence electrons. The highest BCUT2D eigenvalue weighted by Crippen LogP contribution is 2.33. The maximum absolute atomic E-state index is 12.0. The van der Waals surface area contributed by atoms with Gasteiger partial charge in [0.1, 0.15) is 5.75 Å². The van der Waals surface area contributed by atoms with Crippen molar-refractivity contribution in [1.82, 2.24) is 9.78 Å². The highest BCUT2D eigenvalue weighted by atomic mass is 16.5. The van der Waals surface area contributed by atoms with Gasteiger partial charge in [-0.15, -0.1) is 0 Å². The molecule has 1 aromatic carbocycles. The van der Waals surface area contributed by atoms with Crippen LogP contribution in [0, 0.1) is 0 Å². The molecule has 3 rings (SSSR count). The molecule has 1 aliphatic rings. The van der Waals surface area contributed by atoms with E-state index in [2.05, 4.69) is 5.10 Å². The van der Waals surface area contributed by atoms with E-state index in [0.29, 0.717) is 18.8 Å². The van der Waals surface area contributed by atoms with E-state index in [1.54, 1.807) is 17.1 Å². The monoisotopic (exact) mass is 286 g/mol. The molecule has 0 aliphatic carbocycles. The van der Waals surface area contributed by atoms with Gasteiger partial charge in [-0.3, -0.25) is 4.68 Å². The summed E-state index contributed by atoms with van der Waals surface area (Å²) in [6, 6.07) is 7.91. The number of nitrogens with zero attached hydrogens (tertiary/aromatic N) is 2. The number of hydrogen-bond donors (Lipinski definition) is 0. The molecule has 5 heteroatoms. The van der Waals surface area contributed by atoms with Crippen molar-refractivity contribution < 1.29 is 14.3 Å². The van der Waals surface area contributed by atoms with E-state index in [4.69, 9.17) is 9.47 Å². The lowest BCUT2D eigenvalue weighted by Gasteiger charge is -2.25. The molecule has 1 aromatic heterocycles. The fraction of sp³-hybridized carbons (Fsp3) is 0.375. The Morgan fingerprint density at radius 3 is 3.14 bits per heavy atom. The molecule has 5 nitrogen and oxygen atoms in total. The summed E-state index contributed by atoms with van der Waals surface area (Å²) >= 11 is 0. The molecule has 0 saturated carbocycles. The van der Waals surface area contributed by atoms with Crippen LogP contribution in [0.1, 0.15) is 35.2 Å². The van der Waals surface area contributed by atoms with E-state index < -0.39 is 0 Å². The fourth-order valence-electron chi connectivity index (χ4n) is 2.49. The summed E-state index contributed by atoms with van der Waals surface area (Å²) in [6.07, 6.45) is 4.11. The van der Waals surface area contributed by atoms with Crippen molar-refractivity contribution in [2.24, 2.45) is 0 Å². The van der Waals surface area contributed by atoms with Crippen LogP contribution >= 0.6 is 0 Å². The summed E-state index contributed by atoms with van der Waals surface area (Å²) in [6.45, 7) is 3.74. The number of ether oxygens (including phenoxy) is 2. The Hall–Kier alpha value is -2.30. The molecule has 0 unspecified atom stereocenters. The second kappa shape index (κ2) is 5.99. The first kappa shape index (κ1) is 13.7. The van der Waals surface area contributed by atoms with Gasteiger partial charge >= 0.3 is 5.97 Å². The number of carbonyl (C=O) groups is 1. The van der Waals surface area contributed by atoms with Crippen LogP contribution in [0.25, 0.3) is 0 Å². The molecule has 1 atom stereocenters. The van der Waals surface area contributed by atoms with E-state index in [1.807, 2.05) is 31.2 Å². The van der Waals surface area contributed by atoms with Crippen molar-refractivity contribution >= 4 is 5.97 Å². The van der Waals surface area contributed by atoms with Gasteiger partial charge in [0.2, 0.25) is 0 Å². The molecule has 0 radical (unpaired) electrons. The number of para-hydroxylation sites is 1. The average molecular weight is 286 g/mol. The lowest BCUT2D eigenvalue weighted by Crippen LogP contribution is -2.20. The summed E-state index contributed by atoms with van der Waals surface area (Å²) in [4.78, 5) is 12.0. The lowest BCUT2D eigenvalue weighted by molar-refractivity contribution is 0.0459. The Labute approximate surface area is 123 Å². The second-order valence-corrected chi connectivity index (χ2v) is 5.06. The van der Waals surface area contributed by atoms with Gasteiger partial charge in [0.05, 0.1) is 25.0 Å². The minimum Gasteiger partial charge on any atom is -0.493 e. The van der Waals surface area contributed by atoms with Crippen LogP contribution in [0.2, 0.25) is 0 Å². The number of rotatable bonds is 4. The van der Waals surface area contributed by atoms with Gasteiger partial charge in [-0.05, 0) is 19.4 Å². The molecule has 0 saturated heterocycles. The standard InChI is InChI=1S/C16H18N2O3/c1-2-18-10-13(9-17-18)16(19)21-11-12-7-8-20-15-6-4-3-5-14(12)15/h3-6,9-10,12H,2,7-8,11H2,1H3/t12-/m1/s1. The summed E-state index contributed by atoms with van der Waals surface area (Å²) in [5.41, 5.74) is 1.61. The third-order valence-electron chi connectivity index (χ3n) is 3.69. The molecule has 2 heterocycles. The van der Waals surface area contributed by atoms with Crippen molar-refractivity contribution in [2.45, 2.75) is 25.8 Å². The highest BCUT2D eigenvalue weighted by Gasteiger charge is 2.23. The second-order valence-electron chi connectivity index (χ2n) is 5.06. The maximum Gasteiger partial charge on any atom is 0.341 e. The third kappa shape index (κ3) is 2.91. The van der Waals surface area contributed by atoms with Crippen molar-refractivity contribution in [1.29, 1.82) is 0 Å². The minimum absolute atomic E-state index is 0.195. The molecule has 1 aliphatic heterocycles. The lowest BCUT2D eigenvalue weighted by atomic mass is 9.94. The van der Waals surface area contributed by atoms with Crippen molar-refractivity contribution in [3.05, 3.63) is 47.8 Å². The molecule has 2 aromatic rings. The zero-order valence-electron chi connectivity index (χ0n) is 12.0. The number of benzene rings is 1. The van der Waals surface area contributed by atoms with Crippen LogP contribution in [0.5, 0.6) is 5.75 Å². The van der Waals surface area contributed by atoms with E-state index in [-0.39, 0.29) is 11.9 Å². The van der Waals surface area contributed by atoms with Gasteiger partial charge in [-0.25, -0.2) is 4.79 Å². The molecular formula is C16H18N2O3. The fourth-order valence-corrected chi connectivity index (χ4v) is 2.49. The normalized spacial score (nSPS) is 16.9. The maximum atomic E-state index is 12.0. The van der Waals surface area contributed by atoms with Gasteiger partial charge < -0.3 is 9.47 Å². The number of carbonyl (C=O) groups excluding carboxylic acids is 1. The van der Waals surface area contributed by atoms with E-state index >= 15 is 0 Å². The topological polar surface area (TPSA) is 53.4 Å². The van der Waals surface area contributed by atoms with Gasteiger partial charge in [-0.2, -0.15) is 5.10 Å². The molecule has 0 spiro atoms. The Balaban J connectivity index is 1.64. The van der Waals surface area contributed by atoms with Gasteiger partial charge in [0, 0.05) is 24.2 Å². The largest absolute Gasteiger partial charge is 0.493 e. The SMILES string of the molecule is CCn1cc(C(=O)OC[C@H]2CCOc3ccccc32)cn1. The molecular weight excluding hydrogens is 268 g/mol. The van der Waals surface area contributed by atoms with Gasteiger partial charge in [0.25, 0.3) is 0 Å². The zero-order valence-corrected chi connectivity index (χ0v) is 12.0. The van der Waals surface area contributed by atoms with E-state index in [1.165, 1.54) is 0 Å². The smallest absolute Gasteiger partial charge is 0.341 e. The number of fused-ring (bicyclic) bond motifs is 1. The average Bonchev–Trinajstić information content (AvgIpc) is 3.01. The van der Waals surface area contributed by atoms with Crippen LogP contribution in [0.4, 0.5) is 0 Å². The third-order valence-corrected chi connectivity index (χ3v) is 3.69. The quantitative estimate of drug-likeness (QED) is 0.811. The van der Waals surface area contributed by atoms with Crippen LogP contribution in [-0.4, -0.2) is 29.0 Å². The summed E-state index contributed by atoms with van der Waals surface area (Å²) < 4.78 is 12.8. The van der Waals surface area contributed by atoms with Crippen molar-refractivity contribution in [3.63, 3.8) is 0 Å². The first-order valence-corrected chi connectivity index (χ1v) is 7.19. The first-order valence-electron chi connectivity index (χ1n) is 7.19.